The molecular formula is C8H9O. The highest BCUT2D eigenvalue weighted by atomic mass is 16.1. The van der Waals surface area contributed by atoms with Gasteiger partial charge in [-0.3, -0.25) is 4.79 Å². The number of hydrogen-bond donors (Lipinski definition) is 0. The zero-order chi connectivity index (χ0) is 6.85. The van der Waals surface area contributed by atoms with E-state index in [1.54, 1.807) is 6.08 Å². The minimum atomic E-state index is 0.527. The first-order valence-corrected chi connectivity index (χ1v) is 3.03. The van der Waals surface area contributed by atoms with Crippen molar-refractivity contribution < 1.29 is 4.79 Å². The summed E-state index contributed by atoms with van der Waals surface area (Å²) in [5, 5.41) is 0. The summed E-state index contributed by atoms with van der Waals surface area (Å²) in [5.41, 5.74) is 1.88. The molecule has 0 bridgehead atoms. The number of hydrogen-bond acceptors (Lipinski definition) is 1. The van der Waals surface area contributed by atoms with Crippen molar-refractivity contribution in [2.24, 2.45) is 5.92 Å². The Labute approximate surface area is 55.1 Å². The van der Waals surface area contributed by atoms with Crippen LogP contribution in [0.3, 0.4) is 0 Å². The van der Waals surface area contributed by atoms with Gasteiger partial charge in [-0.05, 0) is 17.9 Å². The number of rotatable bonds is 2. The van der Waals surface area contributed by atoms with Crippen LogP contribution in [0.4, 0.5) is 0 Å². The summed E-state index contributed by atoms with van der Waals surface area (Å²) in [7, 11) is 0. The third-order valence-corrected chi connectivity index (χ3v) is 1.73. The van der Waals surface area contributed by atoms with Crippen LogP contribution in [0.5, 0.6) is 0 Å². The average molecular weight is 121 g/mol. The Bertz CT molecular complexity index is 177. The van der Waals surface area contributed by atoms with Crippen LogP contribution in [0, 0.1) is 5.92 Å². The van der Waals surface area contributed by atoms with Gasteiger partial charge in [0.1, 0.15) is 0 Å². The van der Waals surface area contributed by atoms with Crippen LogP contribution >= 0.6 is 0 Å². The molecule has 1 rings (SSSR count). The molecule has 0 aromatic heterocycles. The molecule has 0 saturated carbocycles. The van der Waals surface area contributed by atoms with Crippen molar-refractivity contribution in [3.05, 3.63) is 23.8 Å². The summed E-state index contributed by atoms with van der Waals surface area (Å²) in [6.45, 7) is 5.68. The van der Waals surface area contributed by atoms with Gasteiger partial charge in [0.15, 0.2) is 0 Å². The Balaban J connectivity index is 2.82. The molecule has 1 unspecified atom stereocenters. The van der Waals surface area contributed by atoms with E-state index in [9.17, 15) is 4.79 Å². The first kappa shape index (κ1) is 6.27. The summed E-state index contributed by atoms with van der Waals surface area (Å²) in [6, 6.07) is 0. The van der Waals surface area contributed by atoms with Gasteiger partial charge in [0, 0.05) is 5.57 Å². The normalized spacial score (nSPS) is 25.2. The lowest BCUT2D eigenvalue weighted by Gasteiger charge is -2.24. The van der Waals surface area contributed by atoms with Crippen LogP contribution < -0.4 is 0 Å². The molecule has 0 aromatic carbocycles. The molecule has 1 atom stereocenters. The first-order valence-electron chi connectivity index (χ1n) is 3.03. The lowest BCUT2D eigenvalue weighted by Crippen LogP contribution is -2.14. The quantitative estimate of drug-likeness (QED) is 0.542. The molecule has 1 aliphatic carbocycles. The predicted molar refractivity (Wildman–Crippen MR) is 36.7 cm³/mol. The fraction of sp³-hybridized carbons (Fsp3) is 0.375. The molecule has 0 aromatic rings. The monoisotopic (exact) mass is 121 g/mol. The zero-order valence-corrected chi connectivity index (χ0v) is 5.48. The van der Waals surface area contributed by atoms with Gasteiger partial charge in [-0.15, -0.1) is 0 Å². The Morgan fingerprint density at radius 3 is 2.78 bits per heavy atom. The fourth-order valence-electron chi connectivity index (χ4n) is 1.13. The van der Waals surface area contributed by atoms with Crippen LogP contribution in [0.25, 0.3) is 0 Å². The van der Waals surface area contributed by atoms with Gasteiger partial charge in [0.05, 0.1) is 0 Å². The summed E-state index contributed by atoms with van der Waals surface area (Å²) < 4.78 is 0. The fourth-order valence-corrected chi connectivity index (χ4v) is 1.13. The molecule has 0 fully saturated rings. The van der Waals surface area contributed by atoms with E-state index in [0.717, 1.165) is 17.6 Å². The van der Waals surface area contributed by atoms with E-state index in [1.807, 2.05) is 6.29 Å². The minimum Gasteiger partial charge on any atom is -0.285 e. The van der Waals surface area contributed by atoms with E-state index in [-0.39, 0.29) is 0 Å². The van der Waals surface area contributed by atoms with Crippen molar-refractivity contribution in [1.29, 1.82) is 0 Å². The topological polar surface area (TPSA) is 17.1 Å². The second-order valence-corrected chi connectivity index (χ2v) is 2.35. The molecule has 1 nitrogen and oxygen atoms in total. The third kappa shape index (κ3) is 0.826. The highest BCUT2D eigenvalue weighted by molar-refractivity contribution is 5.79. The van der Waals surface area contributed by atoms with Crippen LogP contribution in [0.15, 0.2) is 23.8 Å². The standard InChI is InChI=1S/C8H9O/c1-3-8-6(2)4-7(8)5-9/h3,6H,1,4H2,2H3. The smallest absolute Gasteiger partial charge is 0.229 e. The lowest BCUT2D eigenvalue weighted by molar-refractivity contribution is 0.543. The van der Waals surface area contributed by atoms with Crippen LogP contribution in [0.2, 0.25) is 0 Å². The molecule has 1 radical (unpaired) electrons. The third-order valence-electron chi connectivity index (χ3n) is 1.73. The molecule has 0 heterocycles. The predicted octanol–water partition coefficient (Wildman–Crippen LogP) is 1.62. The van der Waals surface area contributed by atoms with E-state index in [0.29, 0.717) is 5.92 Å². The van der Waals surface area contributed by atoms with Crippen molar-refractivity contribution in [3.63, 3.8) is 0 Å². The van der Waals surface area contributed by atoms with E-state index < -0.39 is 0 Å². The van der Waals surface area contributed by atoms with Crippen molar-refractivity contribution in [2.45, 2.75) is 13.3 Å². The molecule has 1 heteroatoms. The van der Waals surface area contributed by atoms with Crippen molar-refractivity contribution in [2.75, 3.05) is 0 Å². The van der Waals surface area contributed by atoms with Crippen LogP contribution in [0.1, 0.15) is 13.3 Å². The highest BCUT2D eigenvalue weighted by Crippen LogP contribution is 2.33. The number of carbonyl (C=O) groups excluding carboxylic acids is 1. The summed E-state index contributed by atoms with van der Waals surface area (Å²) in [5.74, 6) is 0.527. The Kier molecular flexibility index (Phi) is 1.52. The zero-order valence-electron chi connectivity index (χ0n) is 5.48. The van der Waals surface area contributed by atoms with E-state index >= 15 is 0 Å². The van der Waals surface area contributed by atoms with Gasteiger partial charge in [0.25, 0.3) is 0 Å². The van der Waals surface area contributed by atoms with Gasteiger partial charge >= 0.3 is 0 Å². The van der Waals surface area contributed by atoms with Gasteiger partial charge in [-0.1, -0.05) is 19.6 Å². The van der Waals surface area contributed by atoms with Crippen molar-refractivity contribution in [3.8, 4) is 0 Å². The second-order valence-electron chi connectivity index (χ2n) is 2.35. The first-order chi connectivity index (χ1) is 4.29. The van der Waals surface area contributed by atoms with E-state index in [4.69, 9.17) is 0 Å². The molecule has 9 heavy (non-hydrogen) atoms. The van der Waals surface area contributed by atoms with Crippen LogP contribution in [-0.4, -0.2) is 6.29 Å². The molecule has 0 amide bonds. The maximum absolute atomic E-state index is 10.1. The maximum atomic E-state index is 10.1. The van der Waals surface area contributed by atoms with Crippen LogP contribution in [-0.2, 0) is 4.79 Å². The summed E-state index contributed by atoms with van der Waals surface area (Å²) in [6.07, 6.45) is 4.52. The molecular weight excluding hydrogens is 112 g/mol. The summed E-state index contributed by atoms with van der Waals surface area (Å²) in [4.78, 5) is 10.1. The Morgan fingerprint density at radius 2 is 2.56 bits per heavy atom. The molecule has 47 valence electrons. The maximum Gasteiger partial charge on any atom is 0.229 e. The average Bonchev–Trinajstić information content (AvgIpc) is 1.83. The van der Waals surface area contributed by atoms with Gasteiger partial charge in [-0.25, -0.2) is 0 Å². The van der Waals surface area contributed by atoms with Crippen molar-refractivity contribution in [1.82, 2.24) is 0 Å². The molecule has 1 aliphatic rings. The largest absolute Gasteiger partial charge is 0.285 e. The Hall–Kier alpha value is -0.850. The molecule has 0 spiro atoms. The highest BCUT2D eigenvalue weighted by Gasteiger charge is 2.22. The lowest BCUT2D eigenvalue weighted by atomic mass is 9.79. The van der Waals surface area contributed by atoms with Gasteiger partial charge in [0.2, 0.25) is 6.29 Å². The van der Waals surface area contributed by atoms with E-state index in [1.165, 1.54) is 0 Å². The SMILES string of the molecule is C=CC1=C([C]=O)CC1C. The second kappa shape index (κ2) is 2.18. The van der Waals surface area contributed by atoms with Crippen molar-refractivity contribution >= 4 is 6.29 Å². The molecule has 0 aliphatic heterocycles. The molecule has 0 saturated heterocycles. The molecule has 0 N–H and O–H groups in total. The van der Waals surface area contributed by atoms with Gasteiger partial charge in [-0.2, -0.15) is 0 Å². The number of allylic oxidation sites excluding steroid dienone is 3. The minimum absolute atomic E-state index is 0.527. The van der Waals surface area contributed by atoms with E-state index in [2.05, 4.69) is 13.5 Å². The Morgan fingerprint density at radius 1 is 1.89 bits per heavy atom. The van der Waals surface area contributed by atoms with Gasteiger partial charge < -0.3 is 0 Å². The summed E-state index contributed by atoms with van der Waals surface area (Å²) >= 11 is 0.